The van der Waals surface area contributed by atoms with Gasteiger partial charge in [0.15, 0.2) is 0 Å². The summed E-state index contributed by atoms with van der Waals surface area (Å²) in [7, 11) is 0. The third-order valence-corrected chi connectivity index (χ3v) is 4.38. The summed E-state index contributed by atoms with van der Waals surface area (Å²) in [6.07, 6.45) is 1.06. The van der Waals surface area contributed by atoms with Crippen LogP contribution in [0.25, 0.3) is 10.2 Å². The maximum atomic E-state index is 12.0. The molecule has 0 spiro atoms. The van der Waals surface area contributed by atoms with Crippen LogP contribution in [0, 0.1) is 5.41 Å². The van der Waals surface area contributed by atoms with E-state index in [0.717, 1.165) is 30.9 Å². The number of thiophene rings is 1. The first-order valence-corrected chi connectivity index (χ1v) is 8.22. The second-order valence-electron chi connectivity index (χ2n) is 6.23. The van der Waals surface area contributed by atoms with E-state index in [1.54, 1.807) is 0 Å². The maximum Gasteiger partial charge on any atom is 0.268 e. The van der Waals surface area contributed by atoms with Gasteiger partial charge in [-0.25, -0.2) is 4.98 Å². The first kappa shape index (κ1) is 16.1. The zero-order chi connectivity index (χ0) is 15.5. The molecule has 0 aromatic carbocycles. The molecule has 0 aliphatic heterocycles. The lowest BCUT2D eigenvalue weighted by Gasteiger charge is -2.31. The van der Waals surface area contributed by atoms with Crippen molar-refractivity contribution in [3.05, 3.63) is 27.6 Å². The van der Waals surface area contributed by atoms with Gasteiger partial charge in [-0.1, -0.05) is 20.8 Å². The van der Waals surface area contributed by atoms with E-state index in [1.165, 1.54) is 11.3 Å². The zero-order valence-electron chi connectivity index (χ0n) is 13.0. The van der Waals surface area contributed by atoms with Crippen molar-refractivity contribution in [2.24, 2.45) is 11.1 Å². The Morgan fingerprint density at radius 1 is 1.48 bits per heavy atom. The van der Waals surface area contributed by atoms with Crippen LogP contribution in [0.2, 0.25) is 0 Å². The van der Waals surface area contributed by atoms with Gasteiger partial charge in [0.1, 0.15) is 10.5 Å². The molecule has 0 atom stereocenters. The van der Waals surface area contributed by atoms with Gasteiger partial charge in [0.25, 0.3) is 5.56 Å². The Kier molecular flexibility index (Phi) is 5.13. The van der Waals surface area contributed by atoms with Crippen molar-refractivity contribution in [2.45, 2.75) is 33.7 Å². The third-order valence-electron chi connectivity index (χ3n) is 3.48. The Labute approximate surface area is 129 Å². The summed E-state index contributed by atoms with van der Waals surface area (Å²) in [5, 5.41) is 1.90. The van der Waals surface area contributed by atoms with Crippen LogP contribution >= 0.6 is 11.3 Å². The summed E-state index contributed by atoms with van der Waals surface area (Å²) >= 11 is 1.43. The average molecular weight is 308 g/mol. The molecule has 0 unspecified atom stereocenters. The van der Waals surface area contributed by atoms with E-state index < -0.39 is 0 Å². The predicted molar refractivity (Wildman–Crippen MR) is 88.6 cm³/mol. The van der Waals surface area contributed by atoms with Crippen molar-refractivity contribution < 1.29 is 0 Å². The molecule has 6 heteroatoms. The number of aromatic nitrogens is 2. The minimum Gasteiger partial charge on any atom is -0.330 e. The van der Waals surface area contributed by atoms with Crippen LogP contribution in [0.15, 0.2) is 16.2 Å². The van der Waals surface area contributed by atoms with E-state index in [1.807, 2.05) is 11.4 Å². The van der Waals surface area contributed by atoms with Gasteiger partial charge in [-0.2, -0.15) is 0 Å². The van der Waals surface area contributed by atoms with Crippen LogP contribution in [0.3, 0.4) is 0 Å². The topological polar surface area (TPSA) is 75.0 Å². The highest BCUT2D eigenvalue weighted by Crippen LogP contribution is 2.18. The van der Waals surface area contributed by atoms with Gasteiger partial charge in [0.2, 0.25) is 0 Å². The molecule has 0 aliphatic rings. The van der Waals surface area contributed by atoms with E-state index in [9.17, 15) is 4.79 Å². The van der Waals surface area contributed by atoms with Gasteiger partial charge < -0.3 is 10.7 Å². The van der Waals surface area contributed by atoms with E-state index in [0.29, 0.717) is 17.8 Å². The summed E-state index contributed by atoms with van der Waals surface area (Å²) in [6.45, 7) is 9.62. The molecule has 0 fully saturated rings. The normalized spacial score (nSPS) is 12.4. The number of fused-ring (bicyclic) bond motifs is 1. The number of H-pyrrole nitrogens is 1. The fourth-order valence-electron chi connectivity index (χ4n) is 2.41. The monoisotopic (exact) mass is 308 g/mol. The zero-order valence-corrected chi connectivity index (χ0v) is 13.8. The number of nitrogens with zero attached hydrogens (tertiary/aromatic N) is 2. The molecular formula is C15H24N4OS. The SMILES string of the molecule is CCCN(Cc1nc2ccsc2c(=O)[nH]1)CC(C)(C)CN. The van der Waals surface area contributed by atoms with Crippen molar-refractivity contribution in [1.82, 2.24) is 14.9 Å². The van der Waals surface area contributed by atoms with Gasteiger partial charge in [-0.15, -0.1) is 11.3 Å². The number of rotatable bonds is 7. The standard InChI is InChI=1S/C15H24N4OS/c1-4-6-19(10-15(2,3)9-16)8-12-17-11-5-7-21-13(11)14(20)18-12/h5,7H,4,6,8-10,16H2,1-3H3,(H,17,18,20). The largest absolute Gasteiger partial charge is 0.330 e. The highest BCUT2D eigenvalue weighted by Gasteiger charge is 2.20. The van der Waals surface area contributed by atoms with Crippen molar-refractivity contribution >= 4 is 21.6 Å². The van der Waals surface area contributed by atoms with E-state index >= 15 is 0 Å². The number of hydrogen-bond donors (Lipinski definition) is 2. The van der Waals surface area contributed by atoms with E-state index in [4.69, 9.17) is 5.73 Å². The lowest BCUT2D eigenvalue weighted by atomic mass is 9.93. The number of hydrogen-bond acceptors (Lipinski definition) is 5. The van der Waals surface area contributed by atoms with Gasteiger partial charge >= 0.3 is 0 Å². The average Bonchev–Trinajstić information content (AvgIpc) is 2.87. The third kappa shape index (κ3) is 4.12. The van der Waals surface area contributed by atoms with Crippen LogP contribution < -0.4 is 11.3 Å². The minimum atomic E-state index is -0.0421. The van der Waals surface area contributed by atoms with Gasteiger partial charge in [-0.05, 0) is 36.4 Å². The lowest BCUT2D eigenvalue weighted by molar-refractivity contribution is 0.172. The molecule has 116 valence electrons. The fourth-order valence-corrected chi connectivity index (χ4v) is 3.13. The first-order valence-electron chi connectivity index (χ1n) is 7.34. The Balaban J connectivity index is 2.20. The van der Waals surface area contributed by atoms with Crippen molar-refractivity contribution in [1.29, 1.82) is 0 Å². The van der Waals surface area contributed by atoms with Gasteiger partial charge in [0.05, 0.1) is 12.1 Å². The number of aromatic amines is 1. The van der Waals surface area contributed by atoms with E-state index in [-0.39, 0.29) is 11.0 Å². The lowest BCUT2D eigenvalue weighted by Crippen LogP contribution is -2.39. The molecule has 3 N–H and O–H groups in total. The molecular weight excluding hydrogens is 284 g/mol. The fraction of sp³-hybridized carbons (Fsp3) is 0.600. The second-order valence-corrected chi connectivity index (χ2v) is 7.14. The van der Waals surface area contributed by atoms with Gasteiger partial charge in [-0.3, -0.25) is 9.69 Å². The predicted octanol–water partition coefficient (Wildman–Crippen LogP) is 2.18. The number of nitrogens with two attached hydrogens (primary N) is 1. The highest BCUT2D eigenvalue weighted by molar-refractivity contribution is 7.17. The molecule has 2 aromatic heterocycles. The second kappa shape index (κ2) is 6.68. The summed E-state index contributed by atoms with van der Waals surface area (Å²) < 4.78 is 0.697. The molecule has 5 nitrogen and oxygen atoms in total. The molecule has 0 radical (unpaired) electrons. The highest BCUT2D eigenvalue weighted by atomic mass is 32.1. The van der Waals surface area contributed by atoms with Crippen LogP contribution in [0.1, 0.15) is 33.0 Å². The quantitative estimate of drug-likeness (QED) is 0.822. The molecule has 21 heavy (non-hydrogen) atoms. The minimum absolute atomic E-state index is 0.0421. The smallest absolute Gasteiger partial charge is 0.268 e. The van der Waals surface area contributed by atoms with Crippen LogP contribution in [-0.4, -0.2) is 34.5 Å². The van der Waals surface area contributed by atoms with E-state index in [2.05, 4.69) is 35.6 Å². The van der Waals surface area contributed by atoms with Crippen LogP contribution in [0.5, 0.6) is 0 Å². The number of nitrogens with one attached hydrogen (secondary N) is 1. The molecule has 2 rings (SSSR count). The summed E-state index contributed by atoms with van der Waals surface area (Å²) in [6, 6.07) is 1.90. The van der Waals surface area contributed by atoms with Crippen molar-refractivity contribution in [3.8, 4) is 0 Å². The Hall–Kier alpha value is -1.24. The Morgan fingerprint density at radius 3 is 2.90 bits per heavy atom. The van der Waals surface area contributed by atoms with Crippen molar-refractivity contribution in [2.75, 3.05) is 19.6 Å². The van der Waals surface area contributed by atoms with Gasteiger partial charge in [0, 0.05) is 6.54 Å². The summed E-state index contributed by atoms with van der Waals surface area (Å²) in [4.78, 5) is 21.8. The molecule has 0 bridgehead atoms. The molecule has 0 aliphatic carbocycles. The molecule has 0 amide bonds. The Bertz CT molecular complexity index is 646. The molecule has 2 heterocycles. The molecule has 0 saturated carbocycles. The van der Waals surface area contributed by atoms with Crippen LogP contribution in [-0.2, 0) is 6.54 Å². The molecule has 2 aromatic rings. The van der Waals surface area contributed by atoms with Crippen LogP contribution in [0.4, 0.5) is 0 Å². The summed E-state index contributed by atoms with van der Waals surface area (Å²) in [5.41, 5.74) is 6.63. The summed E-state index contributed by atoms with van der Waals surface area (Å²) in [5.74, 6) is 0.729. The molecule has 0 saturated heterocycles. The maximum absolute atomic E-state index is 12.0. The van der Waals surface area contributed by atoms with Crippen molar-refractivity contribution in [3.63, 3.8) is 0 Å². The first-order chi connectivity index (χ1) is 9.95. The Morgan fingerprint density at radius 2 is 2.24 bits per heavy atom.